The van der Waals surface area contributed by atoms with Crippen LogP contribution >= 0.6 is 11.3 Å². The first-order valence-electron chi connectivity index (χ1n) is 8.50. The van der Waals surface area contributed by atoms with Crippen LogP contribution in [0.5, 0.6) is 0 Å². The Morgan fingerprint density at radius 3 is 2.64 bits per heavy atom. The first-order valence-corrected chi connectivity index (χ1v) is 9.31. The number of amides is 1. The molecule has 1 N–H and O–H groups in total. The highest BCUT2D eigenvalue weighted by molar-refractivity contribution is 7.12. The highest BCUT2D eigenvalue weighted by Gasteiger charge is 2.18. The number of aromatic nitrogens is 1. The topological polar surface area (TPSA) is 56.7 Å². The minimum Gasteiger partial charge on any atom is -0.396 e. The van der Waals surface area contributed by atoms with Gasteiger partial charge in [0, 0.05) is 55.9 Å². The van der Waals surface area contributed by atoms with E-state index in [9.17, 15) is 4.79 Å². The number of piperazine rings is 1. The molecule has 0 radical (unpaired) electrons. The van der Waals surface area contributed by atoms with Crippen molar-refractivity contribution >= 4 is 35.1 Å². The van der Waals surface area contributed by atoms with E-state index in [2.05, 4.69) is 34.2 Å². The van der Waals surface area contributed by atoms with Crippen LogP contribution in [0.1, 0.15) is 22.4 Å². The summed E-state index contributed by atoms with van der Waals surface area (Å²) >= 11 is 1.69. The number of pyridine rings is 1. The maximum atomic E-state index is 11.4. The van der Waals surface area contributed by atoms with Gasteiger partial charge >= 0.3 is 0 Å². The number of thiophene rings is 1. The van der Waals surface area contributed by atoms with Crippen molar-refractivity contribution in [1.82, 2.24) is 9.88 Å². The molecular formula is C19H23N3O2S. The second kappa shape index (κ2) is 8.27. The standard InChI is InChI=1S/C19H23N3O2S/c1-15(24)21-9-11-22(12-10-21)17-4-2-16(20-14-17)3-5-18-6-7-19(25-18)8-13-23/h2-7,14,23H,8-13H2,1H3/b5-3+. The molecule has 25 heavy (non-hydrogen) atoms. The van der Waals surface area contributed by atoms with Crippen molar-refractivity contribution in [1.29, 1.82) is 0 Å². The van der Waals surface area contributed by atoms with Crippen molar-refractivity contribution in [3.05, 3.63) is 45.9 Å². The summed E-state index contributed by atoms with van der Waals surface area (Å²) in [7, 11) is 0. The van der Waals surface area contributed by atoms with Gasteiger partial charge in [-0.3, -0.25) is 9.78 Å². The molecule has 0 saturated carbocycles. The number of anilines is 1. The Morgan fingerprint density at radius 1 is 1.20 bits per heavy atom. The van der Waals surface area contributed by atoms with E-state index in [1.165, 1.54) is 4.88 Å². The van der Waals surface area contributed by atoms with Crippen molar-refractivity contribution in [2.24, 2.45) is 0 Å². The number of hydrogen-bond acceptors (Lipinski definition) is 5. The molecule has 1 fully saturated rings. The van der Waals surface area contributed by atoms with Gasteiger partial charge in [0.2, 0.25) is 5.91 Å². The third kappa shape index (κ3) is 4.67. The lowest BCUT2D eigenvalue weighted by Crippen LogP contribution is -2.48. The molecule has 5 nitrogen and oxygen atoms in total. The normalized spacial score (nSPS) is 15.1. The van der Waals surface area contributed by atoms with Gasteiger partial charge in [0.05, 0.1) is 17.6 Å². The number of hydrogen-bond donors (Lipinski definition) is 1. The number of nitrogens with zero attached hydrogens (tertiary/aromatic N) is 3. The molecule has 3 rings (SSSR count). The molecule has 6 heteroatoms. The van der Waals surface area contributed by atoms with E-state index in [1.807, 2.05) is 23.2 Å². The first-order chi connectivity index (χ1) is 12.2. The van der Waals surface area contributed by atoms with Gasteiger partial charge < -0.3 is 14.9 Å². The van der Waals surface area contributed by atoms with Gasteiger partial charge in [-0.2, -0.15) is 0 Å². The molecule has 1 saturated heterocycles. The van der Waals surface area contributed by atoms with Crippen LogP contribution in [0.4, 0.5) is 5.69 Å². The molecular weight excluding hydrogens is 334 g/mol. The zero-order valence-corrected chi connectivity index (χ0v) is 15.2. The number of rotatable bonds is 5. The lowest BCUT2D eigenvalue weighted by atomic mass is 10.2. The van der Waals surface area contributed by atoms with E-state index < -0.39 is 0 Å². The zero-order valence-electron chi connectivity index (χ0n) is 14.4. The third-order valence-corrected chi connectivity index (χ3v) is 5.43. The first kappa shape index (κ1) is 17.6. The summed E-state index contributed by atoms with van der Waals surface area (Å²) in [6, 6.07) is 8.22. The van der Waals surface area contributed by atoms with Crippen molar-refractivity contribution in [2.45, 2.75) is 13.3 Å². The molecule has 2 aromatic heterocycles. The predicted molar refractivity (Wildman–Crippen MR) is 103 cm³/mol. The monoisotopic (exact) mass is 357 g/mol. The summed E-state index contributed by atoms with van der Waals surface area (Å²) in [6.45, 7) is 5.04. The van der Waals surface area contributed by atoms with Gasteiger partial charge in [-0.25, -0.2) is 0 Å². The van der Waals surface area contributed by atoms with E-state index in [1.54, 1.807) is 18.3 Å². The number of aliphatic hydroxyl groups excluding tert-OH is 1. The summed E-state index contributed by atoms with van der Waals surface area (Å²) in [5.74, 6) is 0.147. The molecule has 0 aromatic carbocycles. The molecule has 0 aliphatic carbocycles. The zero-order chi connectivity index (χ0) is 17.6. The minimum atomic E-state index is 0.147. The molecule has 1 amide bonds. The number of carbonyl (C=O) groups is 1. The fraction of sp³-hybridized carbons (Fsp3) is 0.368. The van der Waals surface area contributed by atoms with Crippen LogP contribution in [0.3, 0.4) is 0 Å². The van der Waals surface area contributed by atoms with Crippen LogP contribution in [0.15, 0.2) is 30.5 Å². The van der Waals surface area contributed by atoms with Crippen LogP contribution < -0.4 is 4.90 Å². The Hall–Kier alpha value is -2.18. The Bertz CT molecular complexity index is 731. The molecule has 1 aliphatic rings. The van der Waals surface area contributed by atoms with Crippen molar-refractivity contribution in [3.8, 4) is 0 Å². The van der Waals surface area contributed by atoms with Gasteiger partial charge in [-0.1, -0.05) is 0 Å². The van der Waals surface area contributed by atoms with E-state index in [4.69, 9.17) is 5.11 Å². The van der Waals surface area contributed by atoms with Gasteiger partial charge in [-0.15, -0.1) is 11.3 Å². The highest BCUT2D eigenvalue weighted by Crippen LogP contribution is 2.20. The van der Waals surface area contributed by atoms with E-state index in [-0.39, 0.29) is 12.5 Å². The van der Waals surface area contributed by atoms with Gasteiger partial charge in [0.25, 0.3) is 0 Å². The Balaban J connectivity index is 1.58. The summed E-state index contributed by atoms with van der Waals surface area (Å²) in [5.41, 5.74) is 2.02. The fourth-order valence-corrected chi connectivity index (χ4v) is 3.76. The van der Waals surface area contributed by atoms with Gasteiger partial charge in [0.1, 0.15) is 0 Å². The summed E-state index contributed by atoms with van der Waals surface area (Å²) in [4.78, 5) is 22.4. The Morgan fingerprint density at radius 2 is 2.00 bits per heavy atom. The largest absolute Gasteiger partial charge is 0.396 e. The van der Waals surface area contributed by atoms with Crippen molar-refractivity contribution in [3.63, 3.8) is 0 Å². The summed E-state index contributed by atoms with van der Waals surface area (Å²) in [5, 5.41) is 8.97. The fourth-order valence-electron chi connectivity index (χ4n) is 2.86. The number of carbonyl (C=O) groups excluding carboxylic acids is 1. The van der Waals surface area contributed by atoms with Crippen molar-refractivity contribution in [2.75, 3.05) is 37.7 Å². The summed E-state index contributed by atoms with van der Waals surface area (Å²) in [6.07, 6.45) is 6.67. The molecule has 0 atom stereocenters. The molecule has 0 bridgehead atoms. The van der Waals surface area contributed by atoms with E-state index >= 15 is 0 Å². The smallest absolute Gasteiger partial charge is 0.219 e. The van der Waals surface area contributed by atoms with E-state index in [0.29, 0.717) is 6.42 Å². The van der Waals surface area contributed by atoms with Gasteiger partial charge in [0.15, 0.2) is 0 Å². The predicted octanol–water partition coefficient (Wildman–Crippen LogP) is 2.52. The van der Waals surface area contributed by atoms with E-state index in [0.717, 1.165) is 42.4 Å². The summed E-state index contributed by atoms with van der Waals surface area (Å²) < 4.78 is 0. The molecule has 3 heterocycles. The maximum absolute atomic E-state index is 11.4. The Kier molecular flexibility index (Phi) is 5.83. The third-order valence-electron chi connectivity index (χ3n) is 4.32. The number of aliphatic hydroxyl groups is 1. The maximum Gasteiger partial charge on any atom is 0.219 e. The average molecular weight is 357 g/mol. The molecule has 0 spiro atoms. The Labute approximate surface area is 152 Å². The van der Waals surface area contributed by atoms with Crippen LogP contribution in [0, 0.1) is 0 Å². The second-order valence-electron chi connectivity index (χ2n) is 6.05. The minimum absolute atomic E-state index is 0.147. The van der Waals surface area contributed by atoms with Gasteiger partial charge in [-0.05, 0) is 36.4 Å². The van der Waals surface area contributed by atoms with Crippen LogP contribution in [-0.2, 0) is 11.2 Å². The van der Waals surface area contributed by atoms with Crippen LogP contribution in [0.2, 0.25) is 0 Å². The quantitative estimate of drug-likeness (QED) is 0.893. The highest BCUT2D eigenvalue weighted by atomic mass is 32.1. The lowest BCUT2D eigenvalue weighted by Gasteiger charge is -2.35. The molecule has 2 aromatic rings. The second-order valence-corrected chi connectivity index (χ2v) is 7.25. The molecule has 0 unspecified atom stereocenters. The lowest BCUT2D eigenvalue weighted by molar-refractivity contribution is -0.129. The van der Waals surface area contributed by atoms with Crippen molar-refractivity contribution < 1.29 is 9.90 Å². The van der Waals surface area contributed by atoms with Crippen LogP contribution in [0.25, 0.3) is 12.2 Å². The SMILES string of the molecule is CC(=O)N1CCN(c2ccc(/C=C/c3ccc(CCO)s3)nc2)CC1. The van der Waals surface area contributed by atoms with Crippen LogP contribution in [-0.4, -0.2) is 53.7 Å². The average Bonchev–Trinajstić information content (AvgIpc) is 3.08. The molecule has 132 valence electrons. The molecule has 1 aliphatic heterocycles.